The Morgan fingerprint density at radius 1 is 1.27 bits per heavy atom. The predicted molar refractivity (Wildman–Crippen MR) is 43.4 cm³/mol. The van der Waals surface area contributed by atoms with E-state index in [2.05, 4.69) is 4.79 Å². The van der Waals surface area contributed by atoms with Gasteiger partial charge < -0.3 is 5.53 Å². The van der Waals surface area contributed by atoms with Crippen molar-refractivity contribution in [3.05, 3.63) is 5.53 Å². The average Bonchev–Trinajstić information content (AvgIpc) is 2.00. The zero-order valence-corrected chi connectivity index (χ0v) is 7.13. The summed E-state index contributed by atoms with van der Waals surface area (Å²) in [6, 6.07) is 0. The zero-order chi connectivity index (χ0) is 8.69. The normalized spacial score (nSPS) is 8.91. The summed E-state index contributed by atoms with van der Waals surface area (Å²) in [4.78, 5) is 14.0. The number of carbonyl (C=O) groups is 1. The largest absolute Gasteiger partial charge is 0.361 e. The van der Waals surface area contributed by atoms with Crippen molar-refractivity contribution >= 4 is 11.5 Å². The number of carbonyl (C=O) groups excluding carboxylic acids is 1. The third-order valence-corrected chi connectivity index (χ3v) is 1.41. The number of ketones is 1. The van der Waals surface area contributed by atoms with E-state index in [1.54, 1.807) is 0 Å². The van der Waals surface area contributed by atoms with Gasteiger partial charge in [-0.05, 0) is 12.8 Å². The molecule has 62 valence electrons. The molecule has 0 saturated carbocycles. The Morgan fingerprint density at radius 3 is 2.18 bits per heavy atom. The second kappa shape index (κ2) is 5.81. The van der Waals surface area contributed by atoms with Crippen LogP contribution in [0.2, 0.25) is 0 Å². The van der Waals surface area contributed by atoms with E-state index in [0.717, 1.165) is 12.8 Å². The fraction of sp³-hybridized carbons (Fsp3) is 0.750. The molecule has 0 aliphatic rings. The lowest BCUT2D eigenvalue weighted by molar-refractivity contribution is -0.117. The highest BCUT2D eigenvalue weighted by Gasteiger charge is 2.16. The van der Waals surface area contributed by atoms with E-state index in [1.165, 1.54) is 0 Å². The summed E-state index contributed by atoms with van der Waals surface area (Å²) in [5, 5.41) is 0. The Morgan fingerprint density at radius 2 is 1.82 bits per heavy atom. The first kappa shape index (κ1) is 10.0. The standard InChI is InChI=1S/C8H14N2O/c1-3-5-7(10-9)8(11)6-4-2/h3-6H2,1-2H3. The molecule has 0 aliphatic heterocycles. The Balaban J connectivity index is 4.05. The highest BCUT2D eigenvalue weighted by atomic mass is 16.1. The number of hydrogen-bond donors (Lipinski definition) is 0. The molecule has 0 rings (SSSR count). The highest BCUT2D eigenvalue weighted by molar-refractivity contribution is 6.37. The minimum absolute atomic E-state index is 0.0307. The monoisotopic (exact) mass is 154 g/mol. The molecule has 0 unspecified atom stereocenters. The maximum Gasteiger partial charge on any atom is 0.334 e. The van der Waals surface area contributed by atoms with E-state index >= 15 is 0 Å². The van der Waals surface area contributed by atoms with Crippen molar-refractivity contribution in [1.82, 2.24) is 0 Å². The number of nitrogens with zero attached hydrogens (tertiary/aromatic N) is 2. The lowest BCUT2D eigenvalue weighted by Gasteiger charge is -1.90. The van der Waals surface area contributed by atoms with Crippen molar-refractivity contribution < 1.29 is 9.58 Å². The molecule has 11 heavy (non-hydrogen) atoms. The predicted octanol–water partition coefficient (Wildman–Crippen LogP) is 1.83. The molecule has 0 radical (unpaired) electrons. The van der Waals surface area contributed by atoms with Crippen molar-refractivity contribution in [2.75, 3.05) is 0 Å². The van der Waals surface area contributed by atoms with E-state index < -0.39 is 0 Å². The Hall–Kier alpha value is -0.950. The van der Waals surface area contributed by atoms with Gasteiger partial charge in [0.05, 0.1) is 6.42 Å². The van der Waals surface area contributed by atoms with Crippen LogP contribution in [0.25, 0.3) is 5.53 Å². The molecule has 3 heteroatoms. The molecule has 0 aromatic heterocycles. The summed E-state index contributed by atoms with van der Waals surface area (Å²) < 4.78 is 0. The highest BCUT2D eigenvalue weighted by Crippen LogP contribution is 1.96. The first-order valence-corrected chi connectivity index (χ1v) is 4.00. The zero-order valence-electron chi connectivity index (χ0n) is 7.13. The topological polar surface area (TPSA) is 53.5 Å². The van der Waals surface area contributed by atoms with Gasteiger partial charge in [0.1, 0.15) is 0 Å². The molecule has 0 aliphatic carbocycles. The minimum Gasteiger partial charge on any atom is -0.361 e. The minimum atomic E-state index is -0.0307. The lowest BCUT2D eigenvalue weighted by atomic mass is 10.1. The molecule has 0 saturated heterocycles. The van der Waals surface area contributed by atoms with E-state index in [-0.39, 0.29) is 5.78 Å². The van der Waals surface area contributed by atoms with Crippen LogP contribution in [0.5, 0.6) is 0 Å². The molecule has 0 heterocycles. The lowest BCUT2D eigenvalue weighted by Crippen LogP contribution is -2.14. The maximum atomic E-state index is 11.1. The van der Waals surface area contributed by atoms with Crippen LogP contribution in [-0.4, -0.2) is 16.3 Å². The van der Waals surface area contributed by atoms with Crippen LogP contribution in [0.1, 0.15) is 39.5 Å². The van der Waals surface area contributed by atoms with Gasteiger partial charge in [0.2, 0.25) is 5.78 Å². The molecule has 0 aromatic carbocycles. The van der Waals surface area contributed by atoms with Gasteiger partial charge in [-0.15, -0.1) is 0 Å². The van der Waals surface area contributed by atoms with Crippen LogP contribution in [0.3, 0.4) is 0 Å². The molecule has 0 atom stereocenters. The fourth-order valence-corrected chi connectivity index (χ4v) is 0.853. The maximum absolute atomic E-state index is 11.1. The second-order valence-electron chi connectivity index (χ2n) is 2.47. The van der Waals surface area contributed by atoms with Gasteiger partial charge in [0.25, 0.3) is 0 Å². The molecule has 3 nitrogen and oxygen atoms in total. The van der Waals surface area contributed by atoms with E-state index in [9.17, 15) is 4.79 Å². The van der Waals surface area contributed by atoms with Gasteiger partial charge in [0, 0.05) is 6.42 Å². The summed E-state index contributed by atoms with van der Waals surface area (Å²) in [6.07, 6.45) is 2.71. The molecular formula is C8H14N2O. The van der Waals surface area contributed by atoms with Crippen LogP contribution in [0.15, 0.2) is 0 Å². The van der Waals surface area contributed by atoms with Crippen molar-refractivity contribution in [3.63, 3.8) is 0 Å². The summed E-state index contributed by atoms with van der Waals surface area (Å²) in [5.41, 5.74) is 8.74. The summed E-state index contributed by atoms with van der Waals surface area (Å²) in [5.74, 6) is -0.0307. The quantitative estimate of drug-likeness (QED) is 0.338. The van der Waals surface area contributed by atoms with Crippen LogP contribution in [-0.2, 0) is 4.79 Å². The molecule has 0 spiro atoms. The van der Waals surface area contributed by atoms with E-state index in [4.69, 9.17) is 5.53 Å². The van der Waals surface area contributed by atoms with Crippen molar-refractivity contribution in [2.45, 2.75) is 39.5 Å². The van der Waals surface area contributed by atoms with Crippen LogP contribution < -0.4 is 0 Å². The third-order valence-electron chi connectivity index (χ3n) is 1.41. The SMILES string of the molecule is CCCC(=O)C(CCC)=[N+]=[N-]. The summed E-state index contributed by atoms with van der Waals surface area (Å²) >= 11 is 0. The second-order valence-corrected chi connectivity index (χ2v) is 2.47. The molecule has 0 N–H and O–H groups in total. The molecule has 0 bridgehead atoms. The third kappa shape index (κ3) is 3.68. The molecule has 0 amide bonds. The Kier molecular flexibility index (Phi) is 5.30. The first-order chi connectivity index (χ1) is 5.26. The van der Waals surface area contributed by atoms with Crippen LogP contribution in [0, 0.1) is 0 Å². The first-order valence-electron chi connectivity index (χ1n) is 4.00. The van der Waals surface area contributed by atoms with Gasteiger partial charge >= 0.3 is 5.71 Å². The van der Waals surface area contributed by atoms with Crippen molar-refractivity contribution in [1.29, 1.82) is 0 Å². The van der Waals surface area contributed by atoms with Gasteiger partial charge in [-0.1, -0.05) is 13.8 Å². The molecule has 0 fully saturated rings. The van der Waals surface area contributed by atoms with E-state index in [0.29, 0.717) is 18.6 Å². The number of hydrogen-bond acceptors (Lipinski definition) is 1. The van der Waals surface area contributed by atoms with Gasteiger partial charge in [-0.25, -0.2) is 0 Å². The number of Topliss-reactive ketones (excluding diaryl/α,β-unsaturated/α-hetero) is 1. The summed E-state index contributed by atoms with van der Waals surface area (Å²) in [7, 11) is 0. The van der Waals surface area contributed by atoms with Crippen LogP contribution in [0.4, 0.5) is 0 Å². The Bertz CT molecular complexity index is 181. The fourth-order valence-electron chi connectivity index (χ4n) is 0.853. The summed E-state index contributed by atoms with van der Waals surface area (Å²) in [6.45, 7) is 3.88. The van der Waals surface area contributed by atoms with Gasteiger partial charge in [0.15, 0.2) is 0 Å². The number of rotatable bonds is 5. The smallest absolute Gasteiger partial charge is 0.334 e. The van der Waals surface area contributed by atoms with Crippen LogP contribution >= 0.6 is 0 Å². The van der Waals surface area contributed by atoms with Crippen molar-refractivity contribution in [2.24, 2.45) is 0 Å². The Labute approximate surface area is 67.0 Å². The molecular weight excluding hydrogens is 140 g/mol. The van der Waals surface area contributed by atoms with Gasteiger partial charge in [-0.2, -0.15) is 4.79 Å². The molecule has 0 aromatic rings. The van der Waals surface area contributed by atoms with Crippen molar-refractivity contribution in [3.8, 4) is 0 Å². The van der Waals surface area contributed by atoms with E-state index in [1.807, 2.05) is 13.8 Å². The van der Waals surface area contributed by atoms with Gasteiger partial charge in [-0.3, -0.25) is 4.79 Å². The average molecular weight is 154 g/mol.